The fourth-order valence-corrected chi connectivity index (χ4v) is 2.63. The summed E-state index contributed by atoms with van der Waals surface area (Å²) in [5, 5.41) is 13.9. The van der Waals surface area contributed by atoms with E-state index in [9.17, 15) is 19.3 Å². The van der Waals surface area contributed by atoms with Crippen LogP contribution in [0, 0.1) is 15.9 Å². The van der Waals surface area contributed by atoms with Crippen LogP contribution in [-0.4, -0.2) is 15.8 Å². The molecule has 0 fully saturated rings. The van der Waals surface area contributed by atoms with Crippen molar-refractivity contribution in [3.63, 3.8) is 0 Å². The number of nitrogen functional groups attached to an aromatic ring is 1. The van der Waals surface area contributed by atoms with Crippen LogP contribution in [0.15, 0.2) is 67.0 Å². The minimum atomic E-state index is -0.646. The molecule has 0 aliphatic carbocycles. The third-order valence-electron chi connectivity index (χ3n) is 4.01. The number of hydrogen-bond donors (Lipinski definition) is 2. The highest BCUT2D eigenvalue weighted by atomic mass is 19.1. The Labute approximate surface area is 153 Å². The van der Waals surface area contributed by atoms with E-state index in [2.05, 4.69) is 10.3 Å². The molecular formula is C19H15FN4O3. The monoisotopic (exact) mass is 366 g/mol. The van der Waals surface area contributed by atoms with Gasteiger partial charge in [-0.15, -0.1) is 0 Å². The molecule has 0 aliphatic heterocycles. The summed E-state index contributed by atoms with van der Waals surface area (Å²) in [7, 11) is 0. The van der Waals surface area contributed by atoms with E-state index in [0.717, 1.165) is 11.6 Å². The third kappa shape index (κ3) is 4.06. The Kier molecular flexibility index (Phi) is 5.07. The number of nitro benzene ring substituents is 1. The standard InChI is InChI=1S/C19H15FN4O3/c20-15-4-1-12(2-5-15)18(13-7-9-22-10-8-13)23-19(25)14-3-6-16(21)17(11-14)24(26)27/h1-11,18H,21H2,(H,23,25). The number of hydrogen-bond acceptors (Lipinski definition) is 5. The lowest BCUT2D eigenvalue weighted by Gasteiger charge is -2.20. The number of carbonyl (C=O) groups is 1. The highest BCUT2D eigenvalue weighted by Gasteiger charge is 2.20. The van der Waals surface area contributed by atoms with Crippen LogP contribution >= 0.6 is 0 Å². The molecule has 1 unspecified atom stereocenters. The van der Waals surface area contributed by atoms with Crippen LogP contribution in [0.5, 0.6) is 0 Å². The Balaban J connectivity index is 1.95. The average Bonchev–Trinajstić information content (AvgIpc) is 2.67. The van der Waals surface area contributed by atoms with Gasteiger partial charge in [0.2, 0.25) is 0 Å². The van der Waals surface area contributed by atoms with Crippen molar-refractivity contribution in [3.8, 4) is 0 Å². The number of anilines is 1. The van der Waals surface area contributed by atoms with Gasteiger partial charge in [0.1, 0.15) is 11.5 Å². The van der Waals surface area contributed by atoms with Crippen LogP contribution in [0.3, 0.4) is 0 Å². The molecule has 0 bridgehead atoms. The maximum atomic E-state index is 13.3. The number of amides is 1. The molecule has 1 amide bonds. The molecule has 27 heavy (non-hydrogen) atoms. The minimum absolute atomic E-state index is 0.0271. The Bertz CT molecular complexity index is 978. The van der Waals surface area contributed by atoms with E-state index in [-0.39, 0.29) is 16.9 Å². The first kappa shape index (κ1) is 18.0. The fraction of sp³-hybridized carbons (Fsp3) is 0.0526. The summed E-state index contributed by atoms with van der Waals surface area (Å²) in [4.78, 5) is 27.0. The zero-order valence-corrected chi connectivity index (χ0v) is 14.0. The van der Waals surface area contributed by atoms with Crippen LogP contribution in [0.25, 0.3) is 0 Å². The lowest BCUT2D eigenvalue weighted by atomic mass is 9.99. The Hall–Kier alpha value is -3.81. The van der Waals surface area contributed by atoms with Gasteiger partial charge in [-0.3, -0.25) is 19.9 Å². The summed E-state index contributed by atoms with van der Waals surface area (Å²) in [6.07, 6.45) is 3.15. The Morgan fingerprint density at radius 3 is 2.33 bits per heavy atom. The first-order chi connectivity index (χ1) is 13.0. The number of nitro groups is 1. The number of halogens is 1. The topological polar surface area (TPSA) is 111 Å². The molecule has 1 atom stereocenters. The van der Waals surface area contributed by atoms with Crippen LogP contribution in [0.2, 0.25) is 0 Å². The zero-order chi connectivity index (χ0) is 19.4. The smallest absolute Gasteiger partial charge is 0.292 e. The quantitative estimate of drug-likeness (QED) is 0.409. The van der Waals surface area contributed by atoms with Crippen molar-refractivity contribution in [2.45, 2.75) is 6.04 Å². The molecule has 3 rings (SSSR count). The summed E-state index contributed by atoms with van der Waals surface area (Å²) >= 11 is 0. The highest BCUT2D eigenvalue weighted by Crippen LogP contribution is 2.25. The normalized spacial score (nSPS) is 11.6. The van der Waals surface area contributed by atoms with Gasteiger partial charge >= 0.3 is 0 Å². The fourth-order valence-electron chi connectivity index (χ4n) is 2.63. The van der Waals surface area contributed by atoms with E-state index in [0.29, 0.717) is 5.56 Å². The van der Waals surface area contributed by atoms with Crippen molar-refractivity contribution in [2.24, 2.45) is 0 Å². The summed E-state index contributed by atoms with van der Waals surface area (Å²) < 4.78 is 13.3. The number of benzene rings is 2. The Morgan fingerprint density at radius 1 is 1.07 bits per heavy atom. The van der Waals surface area contributed by atoms with Crippen molar-refractivity contribution < 1.29 is 14.1 Å². The molecule has 0 saturated carbocycles. The van der Waals surface area contributed by atoms with Crippen LogP contribution in [-0.2, 0) is 0 Å². The number of pyridine rings is 1. The van der Waals surface area contributed by atoms with Crippen molar-refractivity contribution in [1.29, 1.82) is 0 Å². The van der Waals surface area contributed by atoms with Gasteiger partial charge in [0.15, 0.2) is 0 Å². The second-order valence-electron chi connectivity index (χ2n) is 5.77. The van der Waals surface area contributed by atoms with Gasteiger partial charge < -0.3 is 11.1 Å². The average molecular weight is 366 g/mol. The molecule has 8 heteroatoms. The van der Waals surface area contributed by atoms with Gasteiger partial charge in [-0.2, -0.15) is 0 Å². The largest absolute Gasteiger partial charge is 0.393 e. The molecule has 2 aromatic carbocycles. The summed E-state index contributed by atoms with van der Waals surface area (Å²) in [6, 6.07) is 12.4. The molecule has 1 heterocycles. The first-order valence-corrected chi connectivity index (χ1v) is 7.96. The van der Waals surface area contributed by atoms with Gasteiger partial charge in [-0.25, -0.2) is 4.39 Å². The van der Waals surface area contributed by atoms with Crippen molar-refractivity contribution in [1.82, 2.24) is 10.3 Å². The van der Waals surface area contributed by atoms with Crippen molar-refractivity contribution >= 4 is 17.3 Å². The van der Waals surface area contributed by atoms with E-state index >= 15 is 0 Å². The number of rotatable bonds is 5. The number of aromatic nitrogens is 1. The maximum Gasteiger partial charge on any atom is 0.292 e. The third-order valence-corrected chi connectivity index (χ3v) is 4.01. The van der Waals surface area contributed by atoms with E-state index in [1.807, 2.05) is 0 Å². The molecule has 3 N–H and O–H groups in total. The van der Waals surface area contributed by atoms with Gasteiger partial charge in [0, 0.05) is 24.0 Å². The first-order valence-electron chi connectivity index (χ1n) is 7.96. The minimum Gasteiger partial charge on any atom is -0.393 e. The van der Waals surface area contributed by atoms with Crippen LogP contribution in [0.1, 0.15) is 27.5 Å². The van der Waals surface area contributed by atoms with Crippen molar-refractivity contribution in [3.05, 3.63) is 99.6 Å². The molecule has 7 nitrogen and oxygen atoms in total. The van der Waals surface area contributed by atoms with E-state index < -0.39 is 22.7 Å². The van der Waals surface area contributed by atoms with Gasteiger partial charge in [-0.1, -0.05) is 12.1 Å². The predicted octanol–water partition coefficient (Wildman–Crippen LogP) is 3.23. The van der Waals surface area contributed by atoms with Gasteiger partial charge in [0.25, 0.3) is 11.6 Å². The molecule has 0 spiro atoms. The molecular weight excluding hydrogens is 351 g/mol. The number of nitrogens with zero attached hydrogens (tertiary/aromatic N) is 2. The van der Waals surface area contributed by atoms with Gasteiger partial charge in [-0.05, 0) is 47.5 Å². The number of nitrogens with one attached hydrogen (secondary N) is 1. The lowest BCUT2D eigenvalue weighted by molar-refractivity contribution is -0.383. The molecule has 0 radical (unpaired) electrons. The molecule has 0 aliphatic rings. The molecule has 0 saturated heterocycles. The molecule has 3 aromatic rings. The second kappa shape index (κ2) is 7.61. The van der Waals surface area contributed by atoms with Crippen LogP contribution < -0.4 is 11.1 Å². The van der Waals surface area contributed by atoms with E-state index in [4.69, 9.17) is 5.73 Å². The zero-order valence-electron chi connectivity index (χ0n) is 14.0. The maximum absolute atomic E-state index is 13.3. The lowest BCUT2D eigenvalue weighted by Crippen LogP contribution is -2.29. The Morgan fingerprint density at radius 2 is 1.70 bits per heavy atom. The highest BCUT2D eigenvalue weighted by molar-refractivity contribution is 5.96. The van der Waals surface area contributed by atoms with E-state index in [1.165, 1.54) is 24.3 Å². The molecule has 136 valence electrons. The number of nitrogens with two attached hydrogens (primary N) is 1. The number of carbonyl (C=O) groups excluding carboxylic acids is 1. The predicted molar refractivity (Wildman–Crippen MR) is 97.5 cm³/mol. The second-order valence-corrected chi connectivity index (χ2v) is 5.77. The van der Waals surface area contributed by atoms with Crippen LogP contribution in [0.4, 0.5) is 15.8 Å². The van der Waals surface area contributed by atoms with Crippen molar-refractivity contribution in [2.75, 3.05) is 5.73 Å². The summed E-state index contributed by atoms with van der Waals surface area (Å²) in [6.45, 7) is 0. The van der Waals surface area contributed by atoms with E-state index in [1.54, 1.807) is 36.7 Å². The van der Waals surface area contributed by atoms with Gasteiger partial charge in [0.05, 0.1) is 11.0 Å². The summed E-state index contributed by atoms with van der Waals surface area (Å²) in [5.74, 6) is -0.919. The SMILES string of the molecule is Nc1ccc(C(=O)NC(c2ccncc2)c2ccc(F)cc2)cc1[N+](=O)[O-]. The summed E-state index contributed by atoms with van der Waals surface area (Å²) in [5.41, 5.74) is 6.68. The molecule has 1 aromatic heterocycles.